The van der Waals surface area contributed by atoms with Gasteiger partial charge in [0.2, 0.25) is 0 Å². The van der Waals surface area contributed by atoms with Gasteiger partial charge in [-0.05, 0) is 49.5 Å². The van der Waals surface area contributed by atoms with Crippen LogP contribution in [0, 0.1) is 12.7 Å². The maximum atomic E-state index is 12.8. The van der Waals surface area contributed by atoms with Crippen LogP contribution in [-0.4, -0.2) is 16.7 Å². The smallest absolute Gasteiger partial charge is 0.164 e. The summed E-state index contributed by atoms with van der Waals surface area (Å²) in [5.74, 6) is -0.204. The summed E-state index contributed by atoms with van der Waals surface area (Å²) in [5.41, 5.74) is 2.49. The molecule has 1 aromatic heterocycles. The van der Waals surface area contributed by atoms with Gasteiger partial charge < -0.3 is 5.32 Å². The highest BCUT2D eigenvalue weighted by Crippen LogP contribution is 2.24. The second kappa shape index (κ2) is 5.93. The molecule has 1 heterocycles. The van der Waals surface area contributed by atoms with Gasteiger partial charge in [0.25, 0.3) is 0 Å². The quantitative estimate of drug-likeness (QED) is 0.852. The van der Waals surface area contributed by atoms with Crippen LogP contribution in [0.1, 0.15) is 28.5 Å². The van der Waals surface area contributed by atoms with Crippen LogP contribution < -0.4 is 5.32 Å². The first-order chi connectivity index (χ1) is 9.08. The first-order valence-electron chi connectivity index (χ1n) is 6.03. The van der Waals surface area contributed by atoms with E-state index in [1.54, 1.807) is 19.1 Å². The fourth-order valence-corrected chi connectivity index (χ4v) is 2.75. The minimum atomic E-state index is -0.228. The number of ketones is 1. The van der Waals surface area contributed by atoms with E-state index in [0.29, 0.717) is 12.1 Å². The number of nitrogens with one attached hydrogen (secondary N) is 1. The zero-order chi connectivity index (χ0) is 13.8. The molecule has 2 aromatic rings. The van der Waals surface area contributed by atoms with Crippen molar-refractivity contribution in [3.63, 3.8) is 0 Å². The predicted octanol–water partition coefficient (Wildman–Crippen LogP) is 3.45. The third-order valence-electron chi connectivity index (χ3n) is 2.83. The lowest BCUT2D eigenvalue weighted by Crippen LogP contribution is -2.07. The first-order valence-corrected chi connectivity index (χ1v) is 6.81. The van der Waals surface area contributed by atoms with E-state index >= 15 is 0 Å². The average Bonchev–Trinajstić information content (AvgIpc) is 2.73. The summed E-state index contributed by atoms with van der Waals surface area (Å²) < 4.78 is 16.9. The van der Waals surface area contributed by atoms with Crippen molar-refractivity contribution in [2.45, 2.75) is 20.3 Å². The molecular weight excluding hydrogens is 263 g/mol. The van der Waals surface area contributed by atoms with Crippen LogP contribution in [0.15, 0.2) is 24.3 Å². The van der Waals surface area contributed by atoms with Crippen LogP contribution in [0.2, 0.25) is 0 Å². The molecule has 0 unspecified atom stereocenters. The highest BCUT2D eigenvalue weighted by molar-refractivity contribution is 7.10. The van der Waals surface area contributed by atoms with E-state index in [4.69, 9.17) is 0 Å². The van der Waals surface area contributed by atoms with Crippen molar-refractivity contribution in [3.8, 4) is 0 Å². The molecule has 0 bridgehead atoms. The maximum Gasteiger partial charge on any atom is 0.164 e. The standard InChI is InChI=1S/C14H15FN2OS/c1-9-13(10(2)18)14(19-17-9)16-8-7-11-3-5-12(15)6-4-11/h3-6,16H,7-8H2,1-2H3. The molecule has 3 nitrogen and oxygen atoms in total. The Morgan fingerprint density at radius 3 is 2.68 bits per heavy atom. The minimum Gasteiger partial charge on any atom is -0.375 e. The Balaban J connectivity index is 1.96. The molecule has 0 atom stereocenters. The van der Waals surface area contributed by atoms with Crippen molar-refractivity contribution >= 4 is 22.3 Å². The molecule has 0 aliphatic heterocycles. The monoisotopic (exact) mass is 278 g/mol. The summed E-state index contributed by atoms with van der Waals surface area (Å²) >= 11 is 1.30. The van der Waals surface area contributed by atoms with Crippen LogP contribution in [0.4, 0.5) is 9.39 Å². The average molecular weight is 278 g/mol. The molecule has 0 aliphatic rings. The molecule has 1 N–H and O–H groups in total. The van der Waals surface area contributed by atoms with E-state index in [1.165, 1.54) is 23.7 Å². The largest absolute Gasteiger partial charge is 0.375 e. The number of benzene rings is 1. The number of hydrogen-bond donors (Lipinski definition) is 1. The molecule has 19 heavy (non-hydrogen) atoms. The molecule has 2 rings (SSSR count). The number of aromatic nitrogens is 1. The second-order valence-electron chi connectivity index (χ2n) is 4.33. The van der Waals surface area contributed by atoms with Gasteiger partial charge in [-0.2, -0.15) is 4.37 Å². The molecule has 5 heteroatoms. The SMILES string of the molecule is CC(=O)c1c(C)nsc1NCCc1ccc(F)cc1. The summed E-state index contributed by atoms with van der Waals surface area (Å²) in [6, 6.07) is 6.43. The van der Waals surface area contributed by atoms with Crippen LogP contribution in [0.5, 0.6) is 0 Å². The predicted molar refractivity (Wildman–Crippen MR) is 75.4 cm³/mol. The summed E-state index contributed by atoms with van der Waals surface area (Å²) in [6.45, 7) is 4.06. The zero-order valence-electron chi connectivity index (χ0n) is 10.9. The number of rotatable bonds is 5. The van der Waals surface area contributed by atoms with Gasteiger partial charge in [-0.15, -0.1) is 0 Å². The van der Waals surface area contributed by atoms with Gasteiger partial charge >= 0.3 is 0 Å². The van der Waals surface area contributed by atoms with Gasteiger partial charge in [0.05, 0.1) is 11.3 Å². The lowest BCUT2D eigenvalue weighted by molar-refractivity contribution is 0.101. The van der Waals surface area contributed by atoms with Gasteiger partial charge in [-0.3, -0.25) is 4.79 Å². The lowest BCUT2D eigenvalue weighted by atomic mass is 10.1. The number of carbonyl (C=O) groups excluding carboxylic acids is 1. The zero-order valence-corrected chi connectivity index (χ0v) is 11.7. The summed E-state index contributed by atoms with van der Waals surface area (Å²) in [6.07, 6.45) is 0.772. The van der Waals surface area contributed by atoms with E-state index in [-0.39, 0.29) is 11.6 Å². The summed E-state index contributed by atoms with van der Waals surface area (Å²) in [4.78, 5) is 11.5. The van der Waals surface area contributed by atoms with E-state index in [9.17, 15) is 9.18 Å². The fraction of sp³-hybridized carbons (Fsp3) is 0.286. The molecule has 0 amide bonds. The molecular formula is C14H15FN2OS. The van der Waals surface area contributed by atoms with Gasteiger partial charge in [-0.1, -0.05) is 12.1 Å². The molecule has 0 fully saturated rings. The van der Waals surface area contributed by atoms with E-state index in [1.807, 2.05) is 6.92 Å². The third kappa shape index (κ3) is 3.38. The molecule has 1 aromatic carbocycles. The number of anilines is 1. The van der Waals surface area contributed by atoms with Gasteiger partial charge in [0, 0.05) is 6.54 Å². The molecule has 0 aliphatic carbocycles. The van der Waals surface area contributed by atoms with Crippen LogP contribution in [0.25, 0.3) is 0 Å². The minimum absolute atomic E-state index is 0.0236. The van der Waals surface area contributed by atoms with Crippen molar-refractivity contribution in [1.82, 2.24) is 4.37 Å². The first kappa shape index (κ1) is 13.7. The highest BCUT2D eigenvalue weighted by Gasteiger charge is 2.14. The van der Waals surface area contributed by atoms with Crippen LogP contribution in [-0.2, 0) is 6.42 Å². The van der Waals surface area contributed by atoms with Crippen LogP contribution in [0.3, 0.4) is 0 Å². The number of Topliss-reactive ketones (excluding diaryl/α,β-unsaturated/α-hetero) is 1. The van der Waals surface area contributed by atoms with Crippen molar-refractivity contribution in [3.05, 3.63) is 46.9 Å². The number of hydrogen-bond acceptors (Lipinski definition) is 4. The van der Waals surface area contributed by atoms with Crippen molar-refractivity contribution < 1.29 is 9.18 Å². The molecule has 0 saturated carbocycles. The Kier molecular flexibility index (Phi) is 4.27. The Bertz CT molecular complexity index is 578. The molecule has 0 saturated heterocycles. The molecule has 100 valence electrons. The van der Waals surface area contributed by atoms with Crippen molar-refractivity contribution in [2.75, 3.05) is 11.9 Å². The van der Waals surface area contributed by atoms with Crippen molar-refractivity contribution in [2.24, 2.45) is 0 Å². The number of nitrogens with zero attached hydrogens (tertiary/aromatic N) is 1. The molecule has 0 radical (unpaired) electrons. The Hall–Kier alpha value is -1.75. The van der Waals surface area contributed by atoms with Crippen molar-refractivity contribution in [1.29, 1.82) is 0 Å². The second-order valence-corrected chi connectivity index (χ2v) is 5.10. The van der Waals surface area contributed by atoms with Gasteiger partial charge in [-0.25, -0.2) is 4.39 Å². The Labute approximate surface area is 115 Å². The number of carbonyl (C=O) groups is 1. The van der Waals surface area contributed by atoms with Gasteiger partial charge in [0.1, 0.15) is 10.8 Å². The lowest BCUT2D eigenvalue weighted by Gasteiger charge is -2.05. The Morgan fingerprint density at radius 1 is 1.37 bits per heavy atom. The number of halogens is 1. The van der Waals surface area contributed by atoms with Crippen LogP contribution >= 0.6 is 11.5 Å². The van der Waals surface area contributed by atoms with E-state index in [2.05, 4.69) is 9.69 Å². The van der Waals surface area contributed by atoms with Gasteiger partial charge in [0.15, 0.2) is 5.78 Å². The summed E-state index contributed by atoms with van der Waals surface area (Å²) in [7, 11) is 0. The Morgan fingerprint density at radius 2 is 2.05 bits per heavy atom. The molecule has 0 spiro atoms. The van der Waals surface area contributed by atoms with E-state index in [0.717, 1.165) is 22.7 Å². The fourth-order valence-electron chi connectivity index (χ4n) is 1.88. The number of aryl methyl sites for hydroxylation is 1. The third-order valence-corrected chi connectivity index (χ3v) is 3.72. The summed E-state index contributed by atoms with van der Waals surface area (Å²) in [5, 5.41) is 4.03. The maximum absolute atomic E-state index is 12.8. The van der Waals surface area contributed by atoms with E-state index < -0.39 is 0 Å². The topological polar surface area (TPSA) is 42.0 Å². The normalized spacial score (nSPS) is 10.5. The highest BCUT2D eigenvalue weighted by atomic mass is 32.1.